The second kappa shape index (κ2) is 8.19. The molecule has 0 aromatic heterocycles. The number of hydrogen-bond acceptors (Lipinski definition) is 4. The molecule has 0 radical (unpaired) electrons. The lowest BCUT2D eigenvalue weighted by Crippen LogP contribution is -2.30. The van der Waals surface area contributed by atoms with E-state index in [1.807, 2.05) is 61.7 Å². The van der Waals surface area contributed by atoms with Crippen LogP contribution < -0.4 is 10.3 Å². The van der Waals surface area contributed by atoms with Gasteiger partial charge in [0.2, 0.25) is 11.8 Å². The molecule has 1 heterocycles. The van der Waals surface area contributed by atoms with E-state index in [1.165, 1.54) is 4.90 Å². The monoisotopic (exact) mass is 367 g/mol. The number of amides is 2. The molecule has 134 valence electrons. The summed E-state index contributed by atoms with van der Waals surface area (Å²) in [7, 11) is 0. The van der Waals surface area contributed by atoms with Crippen molar-refractivity contribution < 1.29 is 9.59 Å². The van der Waals surface area contributed by atoms with Crippen molar-refractivity contribution in [3.8, 4) is 0 Å². The van der Waals surface area contributed by atoms with Crippen LogP contribution in [0.4, 0.5) is 5.69 Å². The summed E-state index contributed by atoms with van der Waals surface area (Å²) in [6, 6.07) is 15.6. The molecular weight excluding hydrogens is 346 g/mol. The summed E-state index contributed by atoms with van der Waals surface area (Å²) in [5.41, 5.74) is 5.42. The molecule has 0 bridgehead atoms. The van der Waals surface area contributed by atoms with E-state index < -0.39 is 0 Å². The maximum Gasteiger partial charge on any atom is 0.245 e. The molecule has 2 amide bonds. The van der Waals surface area contributed by atoms with Gasteiger partial charge in [0.25, 0.3) is 0 Å². The zero-order chi connectivity index (χ0) is 18.5. The average Bonchev–Trinajstić information content (AvgIpc) is 3.05. The van der Waals surface area contributed by atoms with Gasteiger partial charge in [0.15, 0.2) is 0 Å². The SMILES string of the molecule is CSc1ccc(/C=N/NC(=O)[C@@H]2CC(=O)N(c3ccc(C)cc3)C2)cc1. The second-order valence-electron chi connectivity index (χ2n) is 6.25. The van der Waals surface area contributed by atoms with Crippen LogP contribution in [-0.4, -0.2) is 30.8 Å². The Kier molecular flexibility index (Phi) is 5.73. The van der Waals surface area contributed by atoms with Crippen LogP contribution in [0.25, 0.3) is 0 Å². The van der Waals surface area contributed by atoms with Crippen molar-refractivity contribution in [2.45, 2.75) is 18.2 Å². The maximum atomic E-state index is 12.3. The Bertz CT molecular complexity index is 816. The number of nitrogens with zero attached hydrogens (tertiary/aromatic N) is 2. The van der Waals surface area contributed by atoms with Crippen LogP contribution in [0.15, 0.2) is 58.5 Å². The molecule has 1 saturated heterocycles. The maximum absolute atomic E-state index is 12.3. The molecule has 1 fully saturated rings. The molecule has 26 heavy (non-hydrogen) atoms. The fourth-order valence-corrected chi connectivity index (χ4v) is 3.22. The summed E-state index contributed by atoms with van der Waals surface area (Å²) in [6.45, 7) is 2.38. The Morgan fingerprint density at radius 3 is 2.54 bits per heavy atom. The number of benzene rings is 2. The van der Waals surface area contributed by atoms with Gasteiger partial charge >= 0.3 is 0 Å². The molecule has 2 aromatic carbocycles. The number of nitrogens with one attached hydrogen (secondary N) is 1. The van der Waals surface area contributed by atoms with Gasteiger partial charge in [-0.15, -0.1) is 11.8 Å². The number of carbonyl (C=O) groups excluding carboxylic acids is 2. The third kappa shape index (κ3) is 4.32. The van der Waals surface area contributed by atoms with Crippen molar-refractivity contribution in [2.24, 2.45) is 11.0 Å². The van der Waals surface area contributed by atoms with Gasteiger partial charge in [-0.1, -0.05) is 29.8 Å². The summed E-state index contributed by atoms with van der Waals surface area (Å²) in [4.78, 5) is 27.4. The number of carbonyl (C=O) groups is 2. The fourth-order valence-electron chi connectivity index (χ4n) is 2.81. The summed E-state index contributed by atoms with van der Waals surface area (Å²) >= 11 is 1.67. The molecule has 0 spiro atoms. The first-order chi connectivity index (χ1) is 12.6. The number of hydrogen-bond donors (Lipinski definition) is 1. The van der Waals surface area contributed by atoms with Gasteiger partial charge in [0.1, 0.15) is 0 Å². The van der Waals surface area contributed by atoms with Crippen LogP contribution in [-0.2, 0) is 9.59 Å². The van der Waals surface area contributed by atoms with Gasteiger partial charge in [-0.2, -0.15) is 5.10 Å². The van der Waals surface area contributed by atoms with Gasteiger partial charge in [-0.25, -0.2) is 5.43 Å². The third-order valence-corrected chi connectivity index (χ3v) is 5.09. The largest absolute Gasteiger partial charge is 0.312 e. The van der Waals surface area contributed by atoms with Crippen LogP contribution in [0.3, 0.4) is 0 Å². The standard InChI is InChI=1S/C20H21N3O2S/c1-14-3-7-17(8-4-14)23-13-16(11-19(23)24)20(25)22-21-12-15-5-9-18(26-2)10-6-15/h3-10,12,16H,11,13H2,1-2H3,(H,22,25)/b21-12+/t16-/m1/s1. The van der Waals surface area contributed by atoms with Gasteiger partial charge in [-0.05, 0) is 43.0 Å². The predicted molar refractivity (Wildman–Crippen MR) is 106 cm³/mol. The second-order valence-corrected chi connectivity index (χ2v) is 7.13. The van der Waals surface area contributed by atoms with E-state index in [9.17, 15) is 9.59 Å². The molecule has 0 unspecified atom stereocenters. The van der Waals surface area contributed by atoms with E-state index in [0.717, 1.165) is 16.8 Å². The summed E-state index contributed by atoms with van der Waals surface area (Å²) < 4.78 is 0. The number of aryl methyl sites for hydroxylation is 1. The lowest BCUT2D eigenvalue weighted by molar-refractivity contribution is -0.126. The Morgan fingerprint density at radius 2 is 1.88 bits per heavy atom. The van der Waals surface area contributed by atoms with E-state index in [0.29, 0.717) is 6.54 Å². The third-order valence-electron chi connectivity index (χ3n) is 4.35. The highest BCUT2D eigenvalue weighted by atomic mass is 32.2. The van der Waals surface area contributed by atoms with Crippen molar-refractivity contribution in [3.63, 3.8) is 0 Å². The summed E-state index contributed by atoms with van der Waals surface area (Å²) in [6.07, 6.45) is 3.83. The van der Waals surface area contributed by atoms with Crippen LogP contribution in [0.5, 0.6) is 0 Å². The van der Waals surface area contributed by atoms with Gasteiger partial charge in [0, 0.05) is 23.5 Å². The molecule has 2 aromatic rings. The fraction of sp³-hybridized carbons (Fsp3) is 0.250. The van der Waals surface area contributed by atoms with E-state index >= 15 is 0 Å². The van der Waals surface area contributed by atoms with Crippen molar-refractivity contribution in [2.75, 3.05) is 17.7 Å². The molecule has 3 rings (SSSR count). The quantitative estimate of drug-likeness (QED) is 0.501. The Hall–Kier alpha value is -2.60. The lowest BCUT2D eigenvalue weighted by atomic mass is 10.1. The number of thioether (sulfide) groups is 1. The van der Waals surface area contributed by atoms with E-state index in [-0.39, 0.29) is 24.2 Å². The Morgan fingerprint density at radius 1 is 1.19 bits per heavy atom. The molecule has 1 N–H and O–H groups in total. The molecule has 1 aliphatic heterocycles. The van der Waals surface area contributed by atoms with Gasteiger partial charge < -0.3 is 4.90 Å². The van der Waals surface area contributed by atoms with Crippen LogP contribution in [0, 0.1) is 12.8 Å². The van der Waals surface area contributed by atoms with Crippen LogP contribution in [0.2, 0.25) is 0 Å². The minimum absolute atomic E-state index is 0.0364. The van der Waals surface area contributed by atoms with Crippen LogP contribution >= 0.6 is 11.8 Å². The van der Waals surface area contributed by atoms with E-state index in [1.54, 1.807) is 22.9 Å². The molecule has 1 aliphatic rings. The first-order valence-corrected chi connectivity index (χ1v) is 9.63. The highest BCUT2D eigenvalue weighted by Crippen LogP contribution is 2.25. The molecule has 6 heteroatoms. The minimum atomic E-state index is -0.389. The number of rotatable bonds is 5. The summed E-state index contributed by atoms with van der Waals surface area (Å²) in [5, 5.41) is 4.01. The first-order valence-electron chi connectivity index (χ1n) is 8.41. The zero-order valence-electron chi connectivity index (χ0n) is 14.8. The highest BCUT2D eigenvalue weighted by Gasteiger charge is 2.35. The van der Waals surface area contributed by atoms with Crippen molar-refractivity contribution in [3.05, 3.63) is 59.7 Å². The Labute approximate surface area is 157 Å². The van der Waals surface area contributed by atoms with Crippen molar-refractivity contribution >= 4 is 35.5 Å². The van der Waals surface area contributed by atoms with E-state index in [4.69, 9.17) is 0 Å². The van der Waals surface area contributed by atoms with E-state index in [2.05, 4.69) is 10.5 Å². The van der Waals surface area contributed by atoms with Crippen LogP contribution in [0.1, 0.15) is 17.5 Å². The molecule has 0 saturated carbocycles. The minimum Gasteiger partial charge on any atom is -0.312 e. The van der Waals surface area contributed by atoms with Crippen molar-refractivity contribution in [1.82, 2.24) is 5.43 Å². The molecule has 5 nitrogen and oxygen atoms in total. The van der Waals surface area contributed by atoms with Gasteiger partial charge in [0.05, 0.1) is 12.1 Å². The smallest absolute Gasteiger partial charge is 0.245 e. The average molecular weight is 367 g/mol. The molecule has 0 aliphatic carbocycles. The Balaban J connectivity index is 1.57. The zero-order valence-corrected chi connectivity index (χ0v) is 15.6. The predicted octanol–water partition coefficient (Wildman–Crippen LogP) is 3.22. The number of anilines is 1. The summed E-state index contributed by atoms with van der Waals surface area (Å²) in [5.74, 6) is -0.657. The van der Waals surface area contributed by atoms with Crippen molar-refractivity contribution in [1.29, 1.82) is 0 Å². The molecule has 1 atom stereocenters. The topological polar surface area (TPSA) is 61.8 Å². The highest BCUT2D eigenvalue weighted by molar-refractivity contribution is 7.98. The first kappa shape index (κ1) is 18.2. The number of hydrazone groups is 1. The van der Waals surface area contributed by atoms with Gasteiger partial charge in [-0.3, -0.25) is 9.59 Å². The normalized spacial score (nSPS) is 17.1. The lowest BCUT2D eigenvalue weighted by Gasteiger charge is -2.16. The molecular formula is C20H21N3O2S.